The van der Waals surface area contributed by atoms with E-state index in [1.807, 2.05) is 31.2 Å². The third-order valence-corrected chi connectivity index (χ3v) is 6.46. The number of benzene rings is 2. The molecule has 1 amide bonds. The Morgan fingerprint density at radius 1 is 1.09 bits per heavy atom. The van der Waals surface area contributed by atoms with Gasteiger partial charge < -0.3 is 10.1 Å². The smallest absolute Gasteiger partial charge is 0.251 e. The van der Waals surface area contributed by atoms with Gasteiger partial charge in [0.2, 0.25) is 11.8 Å². The Balaban J connectivity index is 1.80. The fourth-order valence-corrected chi connectivity index (χ4v) is 4.74. The summed E-state index contributed by atoms with van der Waals surface area (Å²) in [6, 6.07) is 13.6. The average molecular weight is 463 g/mol. The molecule has 1 aromatic heterocycles. The van der Waals surface area contributed by atoms with Crippen LogP contribution in [0, 0.1) is 26.7 Å². The maximum atomic E-state index is 12.9. The predicted molar refractivity (Wildman–Crippen MR) is 134 cm³/mol. The molecule has 33 heavy (non-hydrogen) atoms. The number of nitrogens with zero attached hydrogens (tertiary/aromatic N) is 2. The number of hydrogen-bond donors (Lipinski definition) is 2. The van der Waals surface area contributed by atoms with Gasteiger partial charge in [0.25, 0.3) is 5.91 Å². The highest BCUT2D eigenvalue weighted by atomic mass is 32.2. The number of carbonyl (C=O) groups excluding carboxylic acids is 1. The zero-order valence-corrected chi connectivity index (χ0v) is 20.5. The fourth-order valence-electron chi connectivity index (χ4n) is 4.10. The molecular formula is C26H30N4O2S. The largest absolute Gasteiger partial charge is 0.475 e. The molecule has 0 saturated carbocycles. The van der Waals surface area contributed by atoms with Gasteiger partial charge in [-0.3, -0.25) is 9.52 Å². The molecule has 172 valence electrons. The molecule has 1 unspecified atom stereocenters. The van der Waals surface area contributed by atoms with E-state index in [4.69, 9.17) is 9.72 Å². The van der Waals surface area contributed by atoms with Crippen molar-refractivity contribution in [3.05, 3.63) is 64.7 Å². The number of fused-ring (bicyclic) bond motifs is 4. The number of carbonyl (C=O) groups is 1. The van der Waals surface area contributed by atoms with Gasteiger partial charge in [0.05, 0.1) is 11.7 Å². The Hall–Kier alpha value is -3.06. The van der Waals surface area contributed by atoms with Gasteiger partial charge in [-0.1, -0.05) is 38.1 Å². The maximum absolute atomic E-state index is 12.9. The first-order valence-corrected chi connectivity index (χ1v) is 12.0. The molecule has 2 heterocycles. The van der Waals surface area contributed by atoms with Gasteiger partial charge in [-0.2, -0.15) is 4.98 Å². The van der Waals surface area contributed by atoms with E-state index < -0.39 is 0 Å². The summed E-state index contributed by atoms with van der Waals surface area (Å²) < 4.78 is 9.49. The second-order valence-electron chi connectivity index (χ2n) is 8.94. The maximum Gasteiger partial charge on any atom is 0.251 e. The van der Waals surface area contributed by atoms with Crippen molar-refractivity contribution in [3.8, 4) is 17.1 Å². The Morgan fingerprint density at radius 2 is 1.82 bits per heavy atom. The number of aryl methyl sites for hydroxylation is 2. The molecule has 2 N–H and O–H groups in total. The summed E-state index contributed by atoms with van der Waals surface area (Å²) in [7, 11) is 0. The van der Waals surface area contributed by atoms with Gasteiger partial charge in [0.1, 0.15) is 6.61 Å². The zero-order chi connectivity index (χ0) is 23.5. The standard InChI is InChI=1S/C26H30N4O2S/c1-15(2)12-20-14-32-25-18(5)23(22-16(3)8-6-9-17(22)4)28-26(29-25)30-33-21-11-7-10-19(13-21)24(31)27-20/h6-11,13,15,20H,12,14H2,1-5H3,(H,27,31)(H,28,29,30). The molecule has 1 aliphatic heterocycles. The molecule has 0 saturated heterocycles. The summed E-state index contributed by atoms with van der Waals surface area (Å²) in [5.41, 5.74) is 5.75. The van der Waals surface area contributed by atoms with Gasteiger partial charge >= 0.3 is 0 Å². The van der Waals surface area contributed by atoms with Crippen LogP contribution in [-0.2, 0) is 0 Å². The highest BCUT2D eigenvalue weighted by Crippen LogP contribution is 2.34. The van der Waals surface area contributed by atoms with E-state index in [9.17, 15) is 4.79 Å². The number of aromatic nitrogens is 2. The molecule has 0 fully saturated rings. The molecule has 0 aliphatic carbocycles. The van der Waals surface area contributed by atoms with Crippen LogP contribution in [0.3, 0.4) is 0 Å². The van der Waals surface area contributed by atoms with Crippen molar-refractivity contribution in [2.75, 3.05) is 11.3 Å². The molecule has 2 aromatic carbocycles. The summed E-state index contributed by atoms with van der Waals surface area (Å²) in [5.74, 6) is 1.31. The molecule has 0 radical (unpaired) electrons. The number of hydrogen-bond acceptors (Lipinski definition) is 6. The zero-order valence-electron chi connectivity index (χ0n) is 19.7. The summed E-state index contributed by atoms with van der Waals surface area (Å²) in [4.78, 5) is 23.4. The lowest BCUT2D eigenvalue weighted by Gasteiger charge is -2.22. The minimum Gasteiger partial charge on any atom is -0.475 e. The van der Waals surface area contributed by atoms with Crippen LogP contribution in [-0.4, -0.2) is 28.5 Å². The first-order chi connectivity index (χ1) is 15.8. The van der Waals surface area contributed by atoms with Crippen molar-refractivity contribution < 1.29 is 9.53 Å². The van der Waals surface area contributed by atoms with Gasteiger partial charge in [-0.05, 0) is 74.4 Å². The number of amides is 1. The first kappa shape index (κ1) is 23.1. The first-order valence-electron chi connectivity index (χ1n) is 11.2. The second-order valence-corrected chi connectivity index (χ2v) is 9.82. The highest BCUT2D eigenvalue weighted by Gasteiger charge is 2.21. The molecule has 4 bridgehead atoms. The van der Waals surface area contributed by atoms with E-state index >= 15 is 0 Å². The third-order valence-electron chi connectivity index (χ3n) is 5.69. The van der Waals surface area contributed by atoms with Crippen molar-refractivity contribution in [2.24, 2.45) is 5.92 Å². The monoisotopic (exact) mass is 462 g/mol. The number of anilines is 1. The van der Waals surface area contributed by atoms with Crippen molar-refractivity contribution in [1.82, 2.24) is 15.3 Å². The summed E-state index contributed by atoms with van der Waals surface area (Å²) in [6.07, 6.45) is 0.805. The molecule has 1 atom stereocenters. The lowest BCUT2D eigenvalue weighted by atomic mass is 9.97. The second kappa shape index (κ2) is 9.83. The van der Waals surface area contributed by atoms with Crippen molar-refractivity contribution in [1.29, 1.82) is 0 Å². The third kappa shape index (κ3) is 5.30. The van der Waals surface area contributed by atoms with E-state index in [-0.39, 0.29) is 11.9 Å². The molecule has 0 spiro atoms. The van der Waals surface area contributed by atoms with Crippen LogP contribution in [0.25, 0.3) is 11.3 Å². The molecule has 3 aromatic rings. The molecule has 1 aliphatic rings. The van der Waals surface area contributed by atoms with Crippen LogP contribution in [0.1, 0.15) is 47.3 Å². The Labute approximate surface area is 199 Å². The number of ether oxygens (including phenoxy) is 1. The van der Waals surface area contributed by atoms with Crippen molar-refractivity contribution >= 4 is 23.8 Å². The summed E-state index contributed by atoms with van der Waals surface area (Å²) >= 11 is 1.37. The van der Waals surface area contributed by atoms with Gasteiger partial charge in [-0.15, -0.1) is 0 Å². The van der Waals surface area contributed by atoms with E-state index in [0.29, 0.717) is 29.9 Å². The van der Waals surface area contributed by atoms with Crippen LogP contribution >= 0.6 is 11.9 Å². The SMILES string of the molecule is Cc1cccc(C)c1-c1nc2nc(c1C)OCC(CC(C)C)NC(=O)c1cccc(c1)SN2. The van der Waals surface area contributed by atoms with E-state index in [0.717, 1.165) is 39.3 Å². The van der Waals surface area contributed by atoms with Gasteiger partial charge in [-0.25, -0.2) is 4.98 Å². The van der Waals surface area contributed by atoms with E-state index in [1.54, 1.807) is 0 Å². The number of rotatable bonds is 3. The van der Waals surface area contributed by atoms with Crippen LogP contribution in [0.5, 0.6) is 5.88 Å². The number of nitrogens with one attached hydrogen (secondary N) is 2. The Kier molecular flexibility index (Phi) is 6.88. The van der Waals surface area contributed by atoms with Crippen molar-refractivity contribution in [2.45, 2.75) is 52.0 Å². The summed E-state index contributed by atoms with van der Waals surface area (Å²) in [6.45, 7) is 10.8. The van der Waals surface area contributed by atoms with Crippen LogP contribution in [0.15, 0.2) is 47.4 Å². The molecule has 7 heteroatoms. The average Bonchev–Trinajstić information content (AvgIpc) is 2.77. The minimum atomic E-state index is -0.135. The molecular weight excluding hydrogens is 432 g/mol. The van der Waals surface area contributed by atoms with Crippen LogP contribution < -0.4 is 14.8 Å². The normalized spacial score (nSPS) is 16.1. The van der Waals surface area contributed by atoms with E-state index in [2.05, 4.69) is 60.9 Å². The topological polar surface area (TPSA) is 76.1 Å². The lowest BCUT2D eigenvalue weighted by Crippen LogP contribution is -2.40. The summed E-state index contributed by atoms with van der Waals surface area (Å²) in [5, 5.41) is 3.15. The molecule has 4 rings (SSSR count). The van der Waals surface area contributed by atoms with Crippen LogP contribution in [0.4, 0.5) is 5.95 Å². The van der Waals surface area contributed by atoms with Gasteiger partial charge in [0, 0.05) is 21.6 Å². The van der Waals surface area contributed by atoms with E-state index in [1.165, 1.54) is 11.9 Å². The van der Waals surface area contributed by atoms with Crippen LogP contribution in [0.2, 0.25) is 0 Å². The van der Waals surface area contributed by atoms with Gasteiger partial charge in [0.15, 0.2) is 0 Å². The lowest BCUT2D eigenvalue weighted by molar-refractivity contribution is 0.0913. The van der Waals surface area contributed by atoms with Crippen molar-refractivity contribution in [3.63, 3.8) is 0 Å². The Morgan fingerprint density at radius 3 is 2.55 bits per heavy atom. The fraction of sp³-hybridized carbons (Fsp3) is 0.346. The predicted octanol–water partition coefficient (Wildman–Crippen LogP) is 5.72. The Bertz CT molecular complexity index is 1160. The minimum absolute atomic E-state index is 0.100. The highest BCUT2D eigenvalue weighted by molar-refractivity contribution is 8.00. The quantitative estimate of drug-likeness (QED) is 0.485. The molecule has 6 nitrogen and oxygen atoms in total.